The van der Waals surface area contributed by atoms with E-state index in [9.17, 15) is 30.0 Å². The molecule has 272 valence electrons. The van der Waals surface area contributed by atoms with Crippen LogP contribution in [0.4, 0.5) is 0 Å². The van der Waals surface area contributed by atoms with Crippen LogP contribution >= 0.6 is 0 Å². The van der Waals surface area contributed by atoms with Crippen LogP contribution in [-0.4, -0.2) is 93.6 Å². The van der Waals surface area contributed by atoms with Crippen LogP contribution in [0, 0.1) is 0 Å². The molecule has 5 N–H and O–H groups in total. The van der Waals surface area contributed by atoms with Crippen molar-refractivity contribution in [1.29, 1.82) is 0 Å². The summed E-state index contributed by atoms with van der Waals surface area (Å²) in [6.07, 6.45) is 19.8. The van der Waals surface area contributed by atoms with Crippen LogP contribution in [0.2, 0.25) is 0 Å². The van der Waals surface area contributed by atoms with Gasteiger partial charge < -0.3 is 40.1 Å². The van der Waals surface area contributed by atoms with Crippen LogP contribution in [-0.2, 0) is 19.1 Å². The molecule has 10 nitrogen and oxygen atoms in total. The Morgan fingerprint density at radius 1 is 0.915 bits per heavy atom. The lowest BCUT2D eigenvalue weighted by atomic mass is 9.93. The van der Waals surface area contributed by atoms with Gasteiger partial charge in [0.25, 0.3) is 0 Å². The number of carbonyl (C=O) groups is 2. The number of amides is 2. The molecule has 1 aliphatic carbocycles. The molecular formula is C37H66N2O8. The number of aliphatic hydroxyl groups is 4. The van der Waals surface area contributed by atoms with E-state index >= 15 is 0 Å². The smallest absolute Gasteiger partial charge is 0.247 e. The fourth-order valence-electron chi connectivity index (χ4n) is 6.44. The maximum atomic E-state index is 13.9. The van der Waals surface area contributed by atoms with Gasteiger partial charge >= 0.3 is 0 Å². The first kappa shape index (κ1) is 41.4. The molecule has 2 aliphatic rings. The summed E-state index contributed by atoms with van der Waals surface area (Å²) in [7, 11) is 0. The van der Waals surface area contributed by atoms with Crippen molar-refractivity contribution in [3.05, 3.63) is 23.9 Å². The summed E-state index contributed by atoms with van der Waals surface area (Å²) in [6, 6.07) is -2.47. The Hall–Kier alpha value is -1.82. The average molecular weight is 667 g/mol. The second-order valence-electron chi connectivity index (χ2n) is 13.2. The highest BCUT2D eigenvalue weighted by Crippen LogP contribution is 2.28. The number of nitrogens with one attached hydrogen (secondary N) is 1. The molecule has 2 amide bonds. The number of allylic oxidation sites excluding steroid dienone is 4. The van der Waals surface area contributed by atoms with Crippen LogP contribution in [0.5, 0.6) is 0 Å². The third-order valence-corrected chi connectivity index (χ3v) is 9.23. The van der Waals surface area contributed by atoms with Crippen LogP contribution in [0.15, 0.2) is 23.9 Å². The van der Waals surface area contributed by atoms with E-state index < -0.39 is 55.1 Å². The van der Waals surface area contributed by atoms with Crippen molar-refractivity contribution in [2.24, 2.45) is 0 Å². The fraction of sp³-hybridized carbons (Fsp3) is 0.838. The SMILES string of the molecule is CCCCCCCC/C=C\CCCCCCCC(=O)N(C(CCOCCC)C(=O)NC1=CCCCC1)C1[C@H](O)OC(CO)[C@@H](O)[C@H]1O. The van der Waals surface area contributed by atoms with Gasteiger partial charge in [0.05, 0.1) is 6.61 Å². The van der Waals surface area contributed by atoms with E-state index in [1.165, 1.54) is 43.4 Å². The van der Waals surface area contributed by atoms with Gasteiger partial charge in [0.15, 0.2) is 6.29 Å². The van der Waals surface area contributed by atoms with Crippen molar-refractivity contribution in [3.63, 3.8) is 0 Å². The van der Waals surface area contributed by atoms with Crippen molar-refractivity contribution >= 4 is 11.8 Å². The Morgan fingerprint density at radius 3 is 2.19 bits per heavy atom. The van der Waals surface area contributed by atoms with Gasteiger partial charge in [-0.05, 0) is 64.2 Å². The Balaban J connectivity index is 2.00. The highest BCUT2D eigenvalue weighted by Gasteiger charge is 2.50. The van der Waals surface area contributed by atoms with Crippen LogP contribution in [0.25, 0.3) is 0 Å². The Morgan fingerprint density at radius 2 is 1.57 bits per heavy atom. The maximum Gasteiger partial charge on any atom is 0.247 e. The predicted octanol–water partition coefficient (Wildman–Crippen LogP) is 5.41. The number of carbonyl (C=O) groups excluding carboxylic acids is 2. The molecule has 1 fully saturated rings. The Kier molecular flexibility index (Phi) is 22.2. The van der Waals surface area contributed by atoms with Gasteiger partial charge in [0.1, 0.15) is 30.4 Å². The molecule has 1 aliphatic heterocycles. The highest BCUT2D eigenvalue weighted by molar-refractivity contribution is 5.89. The van der Waals surface area contributed by atoms with Crippen molar-refractivity contribution in [2.45, 2.75) is 179 Å². The van der Waals surface area contributed by atoms with Gasteiger partial charge in [-0.15, -0.1) is 0 Å². The largest absolute Gasteiger partial charge is 0.394 e. The first-order valence-corrected chi connectivity index (χ1v) is 18.7. The van der Waals surface area contributed by atoms with E-state index in [2.05, 4.69) is 24.4 Å². The molecule has 0 spiro atoms. The molecule has 3 unspecified atom stereocenters. The first-order valence-electron chi connectivity index (χ1n) is 18.7. The molecule has 10 heteroatoms. The zero-order valence-corrected chi connectivity index (χ0v) is 29.3. The van der Waals surface area contributed by atoms with Gasteiger partial charge in [-0.1, -0.05) is 83.4 Å². The quantitative estimate of drug-likeness (QED) is 0.0642. The van der Waals surface area contributed by atoms with Crippen LogP contribution in [0.3, 0.4) is 0 Å². The molecule has 0 saturated carbocycles. The van der Waals surface area contributed by atoms with E-state index in [-0.39, 0.29) is 19.4 Å². The highest BCUT2D eigenvalue weighted by atomic mass is 16.6. The number of aliphatic hydroxyl groups excluding tert-OH is 4. The summed E-state index contributed by atoms with van der Waals surface area (Å²) in [6.45, 7) is 4.30. The van der Waals surface area contributed by atoms with Crippen LogP contribution < -0.4 is 5.32 Å². The number of hydrogen-bond acceptors (Lipinski definition) is 8. The molecule has 0 radical (unpaired) electrons. The average Bonchev–Trinajstić information content (AvgIpc) is 3.07. The zero-order chi connectivity index (χ0) is 34.3. The molecule has 0 bridgehead atoms. The lowest BCUT2D eigenvalue weighted by Crippen LogP contribution is -2.68. The van der Waals surface area contributed by atoms with Crippen LogP contribution in [0.1, 0.15) is 142 Å². The second-order valence-corrected chi connectivity index (χ2v) is 13.2. The number of ether oxygens (including phenoxy) is 2. The Labute approximate surface area is 284 Å². The summed E-state index contributed by atoms with van der Waals surface area (Å²) < 4.78 is 11.1. The molecule has 1 heterocycles. The summed E-state index contributed by atoms with van der Waals surface area (Å²) >= 11 is 0. The Bertz CT molecular complexity index is 913. The van der Waals surface area contributed by atoms with Crippen molar-refractivity contribution in [1.82, 2.24) is 10.2 Å². The fourth-order valence-corrected chi connectivity index (χ4v) is 6.44. The second kappa shape index (κ2) is 25.2. The molecule has 1 saturated heterocycles. The van der Waals surface area contributed by atoms with Gasteiger partial charge in [-0.2, -0.15) is 0 Å². The summed E-state index contributed by atoms with van der Waals surface area (Å²) in [5.41, 5.74) is 0.798. The first-order chi connectivity index (χ1) is 22.8. The predicted molar refractivity (Wildman–Crippen MR) is 184 cm³/mol. The minimum absolute atomic E-state index is 0.121. The van der Waals surface area contributed by atoms with Gasteiger partial charge in [0.2, 0.25) is 11.8 Å². The third kappa shape index (κ3) is 15.5. The molecule has 47 heavy (non-hydrogen) atoms. The van der Waals surface area contributed by atoms with Crippen molar-refractivity contribution < 1.29 is 39.5 Å². The van der Waals surface area contributed by atoms with Crippen molar-refractivity contribution in [2.75, 3.05) is 19.8 Å². The maximum absolute atomic E-state index is 13.9. The molecule has 2 rings (SSSR count). The lowest BCUT2D eigenvalue weighted by molar-refractivity contribution is -0.273. The number of unbranched alkanes of at least 4 members (excludes halogenated alkanes) is 11. The zero-order valence-electron chi connectivity index (χ0n) is 29.3. The third-order valence-electron chi connectivity index (χ3n) is 9.23. The molecule has 0 aromatic heterocycles. The van der Waals surface area contributed by atoms with E-state index in [0.29, 0.717) is 13.0 Å². The van der Waals surface area contributed by atoms with Gasteiger partial charge in [0, 0.05) is 31.8 Å². The normalized spacial score (nSPS) is 23.9. The summed E-state index contributed by atoms with van der Waals surface area (Å²) in [5, 5.41) is 45.3. The topological polar surface area (TPSA) is 149 Å². The van der Waals surface area contributed by atoms with E-state index in [1.807, 2.05) is 13.0 Å². The molecular weight excluding hydrogens is 600 g/mol. The minimum atomic E-state index is -1.70. The molecule has 6 atom stereocenters. The summed E-state index contributed by atoms with van der Waals surface area (Å²) in [5.74, 6) is -0.827. The lowest BCUT2D eigenvalue weighted by Gasteiger charge is -2.47. The number of rotatable bonds is 25. The van der Waals surface area contributed by atoms with Gasteiger partial charge in [-0.25, -0.2) is 0 Å². The van der Waals surface area contributed by atoms with E-state index in [0.717, 1.165) is 76.3 Å². The van der Waals surface area contributed by atoms with E-state index in [1.54, 1.807) is 0 Å². The number of nitrogens with zero attached hydrogens (tertiary/aromatic N) is 1. The van der Waals surface area contributed by atoms with E-state index in [4.69, 9.17) is 9.47 Å². The number of hydrogen-bond donors (Lipinski definition) is 5. The minimum Gasteiger partial charge on any atom is -0.394 e. The van der Waals surface area contributed by atoms with Gasteiger partial charge in [-0.3, -0.25) is 9.59 Å². The molecule has 0 aromatic rings. The molecule has 0 aromatic carbocycles. The standard InChI is InChI=1S/C37H66N2O8/c1-3-5-6-7-8-9-10-11-12-13-14-15-16-17-21-24-32(41)39(33-35(43)34(42)31(28-40)47-37(33)45)30(25-27-46-26-4-2)36(44)38-29-22-19-18-20-23-29/h11-12,22,30-31,33-35,37,40,42-43,45H,3-10,13-21,23-28H2,1-2H3,(H,38,44)/b12-11-/t30?,31?,33?,34-,35+,37-/m1/s1. The van der Waals surface area contributed by atoms with Crippen molar-refractivity contribution in [3.8, 4) is 0 Å². The summed E-state index contributed by atoms with van der Waals surface area (Å²) in [4.78, 5) is 28.9. The monoisotopic (exact) mass is 666 g/mol.